The zero-order valence-corrected chi connectivity index (χ0v) is 11.3. The molecule has 1 saturated heterocycles. The first-order valence-corrected chi connectivity index (χ1v) is 6.71. The van der Waals surface area contributed by atoms with Crippen molar-refractivity contribution >= 4 is 17.0 Å². The van der Waals surface area contributed by atoms with E-state index in [4.69, 9.17) is 14.9 Å². The highest BCUT2D eigenvalue weighted by molar-refractivity contribution is 5.82. The van der Waals surface area contributed by atoms with Crippen molar-refractivity contribution in [3.63, 3.8) is 0 Å². The van der Waals surface area contributed by atoms with Gasteiger partial charge in [0.25, 0.3) is 0 Å². The van der Waals surface area contributed by atoms with Crippen molar-refractivity contribution in [2.75, 3.05) is 25.1 Å². The van der Waals surface area contributed by atoms with Crippen molar-refractivity contribution in [1.29, 1.82) is 0 Å². The van der Waals surface area contributed by atoms with Gasteiger partial charge in [-0.1, -0.05) is 0 Å². The van der Waals surface area contributed by atoms with Crippen molar-refractivity contribution in [2.24, 2.45) is 0 Å². The lowest BCUT2D eigenvalue weighted by Crippen LogP contribution is -2.24. The molecule has 9 heteroatoms. The zero-order valence-electron chi connectivity index (χ0n) is 11.3. The number of nitrogens with one attached hydrogen (secondary N) is 1. The second-order valence-electron chi connectivity index (χ2n) is 4.81. The topological polar surface area (TPSA) is 126 Å². The maximum atomic E-state index is 9.81. The van der Waals surface area contributed by atoms with Gasteiger partial charge < -0.3 is 25.4 Å². The summed E-state index contributed by atoms with van der Waals surface area (Å²) in [6, 6.07) is 0. The summed E-state index contributed by atoms with van der Waals surface area (Å²) < 4.78 is 7.31. The summed E-state index contributed by atoms with van der Waals surface area (Å²) in [5, 5.41) is 30.8. The van der Waals surface area contributed by atoms with E-state index in [1.165, 1.54) is 6.33 Å². The van der Waals surface area contributed by atoms with E-state index in [9.17, 15) is 5.11 Å². The molecule has 3 rings (SSSR count). The fourth-order valence-electron chi connectivity index (χ4n) is 2.42. The Labute approximate surface area is 120 Å². The molecule has 21 heavy (non-hydrogen) atoms. The molecule has 9 nitrogen and oxygen atoms in total. The number of rotatable bonds is 5. The van der Waals surface area contributed by atoms with Crippen molar-refractivity contribution in [2.45, 2.75) is 24.9 Å². The molecule has 3 heterocycles. The first-order valence-electron chi connectivity index (χ1n) is 6.71. The number of anilines is 1. The number of aliphatic hydroxyl groups is 3. The minimum atomic E-state index is -0.716. The molecule has 1 aliphatic heterocycles. The van der Waals surface area contributed by atoms with Gasteiger partial charge in [-0.05, 0) is 0 Å². The molecule has 0 saturated carbocycles. The van der Waals surface area contributed by atoms with E-state index < -0.39 is 18.4 Å². The van der Waals surface area contributed by atoms with Gasteiger partial charge in [-0.15, -0.1) is 0 Å². The number of fused-ring (bicyclic) bond motifs is 1. The van der Waals surface area contributed by atoms with Crippen molar-refractivity contribution in [3.05, 3.63) is 12.7 Å². The van der Waals surface area contributed by atoms with Crippen LogP contribution >= 0.6 is 0 Å². The van der Waals surface area contributed by atoms with Gasteiger partial charge in [-0.2, -0.15) is 0 Å². The van der Waals surface area contributed by atoms with Crippen LogP contribution in [0.4, 0.5) is 5.82 Å². The third kappa shape index (κ3) is 2.56. The quantitative estimate of drug-likeness (QED) is 0.546. The minimum absolute atomic E-state index is 0.0116. The molecule has 0 amide bonds. The van der Waals surface area contributed by atoms with Gasteiger partial charge in [0, 0.05) is 13.0 Å². The smallest absolute Gasteiger partial charge is 0.167 e. The van der Waals surface area contributed by atoms with Gasteiger partial charge in [0.2, 0.25) is 0 Å². The number of aliphatic hydroxyl groups excluding tert-OH is 3. The van der Waals surface area contributed by atoms with E-state index in [-0.39, 0.29) is 13.2 Å². The predicted octanol–water partition coefficient (Wildman–Crippen LogP) is -1.13. The van der Waals surface area contributed by atoms with Crippen LogP contribution in [0, 0.1) is 0 Å². The summed E-state index contributed by atoms with van der Waals surface area (Å²) in [5.41, 5.74) is 1.14. The van der Waals surface area contributed by atoms with Crippen LogP contribution in [0.1, 0.15) is 12.6 Å². The summed E-state index contributed by atoms with van der Waals surface area (Å²) in [6.07, 6.45) is 1.59. The number of imidazole rings is 1. The molecule has 1 fully saturated rings. The van der Waals surface area contributed by atoms with Crippen LogP contribution in [0.25, 0.3) is 11.2 Å². The molecule has 0 aromatic carbocycles. The van der Waals surface area contributed by atoms with Gasteiger partial charge in [-0.25, -0.2) is 15.0 Å². The fraction of sp³-hybridized carbons (Fsp3) is 0.583. The van der Waals surface area contributed by atoms with E-state index in [0.29, 0.717) is 29.9 Å². The Hall–Kier alpha value is -1.81. The Kier molecular flexibility index (Phi) is 3.97. The van der Waals surface area contributed by atoms with Crippen LogP contribution in [-0.2, 0) is 4.74 Å². The van der Waals surface area contributed by atoms with Crippen molar-refractivity contribution in [3.8, 4) is 0 Å². The molecule has 2 aromatic heterocycles. The van der Waals surface area contributed by atoms with Gasteiger partial charge in [0.1, 0.15) is 18.7 Å². The number of ether oxygens (including phenoxy) is 1. The maximum absolute atomic E-state index is 9.81. The van der Waals surface area contributed by atoms with Gasteiger partial charge >= 0.3 is 0 Å². The molecule has 1 aliphatic rings. The highest BCUT2D eigenvalue weighted by Gasteiger charge is 2.35. The Balaban J connectivity index is 1.90. The molecule has 2 aromatic rings. The summed E-state index contributed by atoms with van der Waals surface area (Å²) in [4.78, 5) is 12.5. The number of hydrogen-bond donors (Lipinski definition) is 4. The predicted molar refractivity (Wildman–Crippen MR) is 72.5 cm³/mol. The Morgan fingerprint density at radius 2 is 2.19 bits per heavy atom. The first kappa shape index (κ1) is 14.1. The Morgan fingerprint density at radius 1 is 1.33 bits per heavy atom. The third-order valence-corrected chi connectivity index (χ3v) is 3.46. The monoisotopic (exact) mass is 295 g/mol. The van der Waals surface area contributed by atoms with Crippen molar-refractivity contribution < 1.29 is 20.1 Å². The van der Waals surface area contributed by atoms with Crippen LogP contribution in [0.2, 0.25) is 0 Å². The average Bonchev–Trinajstić information content (AvgIpc) is 3.08. The second-order valence-corrected chi connectivity index (χ2v) is 4.81. The summed E-state index contributed by atoms with van der Waals surface area (Å²) in [5.74, 6) is 0.532. The van der Waals surface area contributed by atoms with Gasteiger partial charge in [0.05, 0.1) is 25.6 Å². The van der Waals surface area contributed by atoms with E-state index in [2.05, 4.69) is 20.3 Å². The Morgan fingerprint density at radius 3 is 2.90 bits per heavy atom. The number of aromatic nitrogens is 4. The van der Waals surface area contributed by atoms with E-state index >= 15 is 0 Å². The lowest BCUT2D eigenvalue weighted by molar-refractivity contribution is -0.0432. The Bertz CT molecular complexity index is 619. The third-order valence-electron chi connectivity index (χ3n) is 3.46. The molecule has 0 radical (unpaired) electrons. The van der Waals surface area contributed by atoms with E-state index in [1.54, 1.807) is 10.9 Å². The zero-order chi connectivity index (χ0) is 14.8. The molecule has 3 atom stereocenters. The van der Waals surface area contributed by atoms with Crippen LogP contribution in [0.5, 0.6) is 0 Å². The van der Waals surface area contributed by atoms with E-state index in [0.717, 1.165) is 0 Å². The molecular weight excluding hydrogens is 278 g/mol. The molecule has 0 unspecified atom stereocenters. The normalized spacial score (nSPS) is 25.6. The minimum Gasteiger partial charge on any atom is -0.395 e. The highest BCUT2D eigenvalue weighted by atomic mass is 16.5. The van der Waals surface area contributed by atoms with Crippen molar-refractivity contribution in [1.82, 2.24) is 19.5 Å². The number of hydrogen-bond acceptors (Lipinski definition) is 8. The number of nitrogens with zero attached hydrogens (tertiary/aromatic N) is 4. The van der Waals surface area contributed by atoms with Gasteiger partial charge in [0.15, 0.2) is 17.0 Å². The summed E-state index contributed by atoms with van der Waals surface area (Å²) in [6.45, 7) is 0.120. The average molecular weight is 295 g/mol. The molecule has 0 aliphatic carbocycles. The molecule has 114 valence electrons. The molecular formula is C12H17N5O4. The first-order chi connectivity index (χ1) is 10.2. The standard InChI is InChI=1S/C12H17N5O4/c18-2-1-13-11-10-12(15-5-14-11)17(6-16-10)9-3-7(20)8(4-19)21-9/h5-9,18-20H,1-4H2,(H,13,14,15)/t7-,8-,9-/m1/s1. The van der Waals surface area contributed by atoms with E-state index in [1.807, 2.05) is 0 Å². The largest absolute Gasteiger partial charge is 0.395 e. The lowest BCUT2D eigenvalue weighted by Gasteiger charge is -2.13. The SMILES string of the molecule is OCCNc1ncnc2c1ncn2[C@H]1C[C@@H](O)[C@@H](CO)O1. The second kappa shape index (κ2) is 5.90. The summed E-state index contributed by atoms with van der Waals surface area (Å²) >= 11 is 0. The summed E-state index contributed by atoms with van der Waals surface area (Å²) in [7, 11) is 0. The molecule has 4 N–H and O–H groups in total. The lowest BCUT2D eigenvalue weighted by atomic mass is 10.2. The van der Waals surface area contributed by atoms with Crippen LogP contribution in [-0.4, -0.2) is 66.8 Å². The van der Waals surface area contributed by atoms with Crippen LogP contribution in [0.15, 0.2) is 12.7 Å². The molecule has 0 bridgehead atoms. The molecule has 0 spiro atoms. The fourth-order valence-corrected chi connectivity index (χ4v) is 2.42. The highest BCUT2D eigenvalue weighted by Crippen LogP contribution is 2.31. The van der Waals surface area contributed by atoms with Crippen LogP contribution < -0.4 is 5.32 Å². The van der Waals surface area contributed by atoms with Gasteiger partial charge in [-0.3, -0.25) is 4.57 Å². The van der Waals surface area contributed by atoms with Crippen LogP contribution in [0.3, 0.4) is 0 Å². The maximum Gasteiger partial charge on any atom is 0.167 e.